The SMILES string of the molecule is CO[C@H](C(=O)N/N=C\c1cc2ccc(C)cc2nc1Cl)c1ccccc1. The molecule has 0 unspecified atom stereocenters. The van der Waals surface area contributed by atoms with Gasteiger partial charge in [-0.05, 0) is 30.2 Å². The number of halogens is 1. The fraction of sp³-hybridized carbons (Fsp3) is 0.150. The lowest BCUT2D eigenvalue weighted by Gasteiger charge is -2.13. The van der Waals surface area contributed by atoms with E-state index in [1.807, 2.05) is 61.5 Å². The van der Waals surface area contributed by atoms with Crippen LogP contribution in [0.25, 0.3) is 10.9 Å². The molecule has 2 aromatic carbocycles. The lowest BCUT2D eigenvalue weighted by molar-refractivity contribution is -0.131. The van der Waals surface area contributed by atoms with Crippen LogP contribution < -0.4 is 5.43 Å². The summed E-state index contributed by atoms with van der Waals surface area (Å²) in [5.74, 6) is -0.365. The number of nitrogens with zero attached hydrogens (tertiary/aromatic N) is 2. The lowest BCUT2D eigenvalue weighted by atomic mass is 10.1. The van der Waals surface area contributed by atoms with Gasteiger partial charge in [0.25, 0.3) is 5.91 Å². The van der Waals surface area contributed by atoms with Gasteiger partial charge in [-0.15, -0.1) is 0 Å². The van der Waals surface area contributed by atoms with E-state index in [0.717, 1.165) is 22.0 Å². The highest BCUT2D eigenvalue weighted by Gasteiger charge is 2.19. The third-order valence-corrected chi connectivity index (χ3v) is 4.21. The molecule has 0 saturated heterocycles. The fourth-order valence-corrected chi connectivity index (χ4v) is 2.80. The standard InChI is InChI=1S/C20H18ClN3O2/c1-13-8-9-15-11-16(19(21)23-17(15)10-13)12-22-24-20(25)18(26-2)14-6-4-3-5-7-14/h3-12,18H,1-2H3,(H,24,25)/b22-12-/t18-/m0/s1. The monoisotopic (exact) mass is 367 g/mol. The summed E-state index contributed by atoms with van der Waals surface area (Å²) in [5, 5.41) is 5.27. The van der Waals surface area contributed by atoms with Crippen LogP contribution in [0.3, 0.4) is 0 Å². The van der Waals surface area contributed by atoms with Gasteiger partial charge in [-0.1, -0.05) is 54.1 Å². The Bertz CT molecular complexity index is 958. The normalized spacial score (nSPS) is 12.4. The number of nitrogens with one attached hydrogen (secondary N) is 1. The number of pyridine rings is 1. The van der Waals surface area contributed by atoms with Crippen molar-refractivity contribution in [2.45, 2.75) is 13.0 Å². The lowest BCUT2D eigenvalue weighted by Crippen LogP contribution is -2.26. The van der Waals surface area contributed by atoms with Crippen molar-refractivity contribution >= 4 is 34.6 Å². The fourth-order valence-electron chi connectivity index (χ4n) is 2.61. The van der Waals surface area contributed by atoms with Crippen molar-refractivity contribution in [3.8, 4) is 0 Å². The van der Waals surface area contributed by atoms with Gasteiger partial charge >= 0.3 is 0 Å². The van der Waals surface area contributed by atoms with Crippen LogP contribution in [-0.2, 0) is 9.53 Å². The summed E-state index contributed by atoms with van der Waals surface area (Å²) in [6, 6.07) is 17.0. The molecule has 1 atom stereocenters. The second kappa shape index (κ2) is 8.08. The number of methoxy groups -OCH3 is 1. The van der Waals surface area contributed by atoms with E-state index in [2.05, 4.69) is 15.5 Å². The molecule has 132 valence electrons. The molecule has 1 heterocycles. The molecule has 3 aromatic rings. The smallest absolute Gasteiger partial charge is 0.273 e. The van der Waals surface area contributed by atoms with Crippen molar-refractivity contribution in [3.05, 3.63) is 76.4 Å². The summed E-state index contributed by atoms with van der Waals surface area (Å²) in [4.78, 5) is 16.7. The van der Waals surface area contributed by atoms with Gasteiger partial charge in [0.2, 0.25) is 0 Å². The summed E-state index contributed by atoms with van der Waals surface area (Å²) in [5.41, 5.74) is 5.79. The average molecular weight is 368 g/mol. The van der Waals surface area contributed by atoms with Crippen LogP contribution >= 0.6 is 11.6 Å². The summed E-state index contributed by atoms with van der Waals surface area (Å²) >= 11 is 6.22. The molecule has 0 bridgehead atoms. The Morgan fingerprint density at radius 2 is 2.00 bits per heavy atom. The maximum atomic E-state index is 12.3. The molecule has 0 aliphatic heterocycles. The first-order chi connectivity index (χ1) is 12.6. The van der Waals surface area contributed by atoms with E-state index >= 15 is 0 Å². The number of benzene rings is 2. The molecule has 0 radical (unpaired) electrons. The first-order valence-electron chi connectivity index (χ1n) is 8.06. The Balaban J connectivity index is 1.75. The molecule has 3 rings (SSSR count). The molecule has 26 heavy (non-hydrogen) atoms. The molecule has 0 aliphatic carbocycles. The minimum atomic E-state index is -0.735. The predicted octanol–water partition coefficient (Wildman–Crippen LogP) is 4.03. The molecule has 0 saturated carbocycles. The molecular formula is C20H18ClN3O2. The third kappa shape index (κ3) is 4.07. The van der Waals surface area contributed by atoms with Gasteiger partial charge in [0, 0.05) is 18.1 Å². The summed E-state index contributed by atoms with van der Waals surface area (Å²) in [6.07, 6.45) is 0.742. The van der Waals surface area contributed by atoms with E-state index in [1.165, 1.54) is 13.3 Å². The molecule has 1 amide bonds. The highest BCUT2D eigenvalue weighted by Crippen LogP contribution is 2.20. The van der Waals surface area contributed by atoms with Crippen molar-refractivity contribution in [2.75, 3.05) is 7.11 Å². The zero-order valence-electron chi connectivity index (χ0n) is 14.4. The zero-order chi connectivity index (χ0) is 18.5. The number of carbonyl (C=O) groups excluding carboxylic acids is 1. The summed E-state index contributed by atoms with van der Waals surface area (Å²) in [6.45, 7) is 2.00. The Labute approximate surface area is 156 Å². The number of hydrogen-bond donors (Lipinski definition) is 1. The van der Waals surface area contributed by atoms with Crippen molar-refractivity contribution < 1.29 is 9.53 Å². The topological polar surface area (TPSA) is 63.6 Å². The quantitative estimate of drug-likeness (QED) is 0.420. The highest BCUT2D eigenvalue weighted by atomic mass is 35.5. The Hall–Kier alpha value is -2.76. The molecule has 1 aromatic heterocycles. The van der Waals surface area contributed by atoms with E-state index in [9.17, 15) is 4.79 Å². The van der Waals surface area contributed by atoms with Crippen molar-refractivity contribution in [1.29, 1.82) is 0 Å². The number of hydrazone groups is 1. The minimum Gasteiger partial charge on any atom is -0.367 e. The number of ether oxygens (including phenoxy) is 1. The van der Waals surface area contributed by atoms with Crippen LogP contribution in [0.1, 0.15) is 22.8 Å². The number of aromatic nitrogens is 1. The predicted molar refractivity (Wildman–Crippen MR) is 103 cm³/mol. The van der Waals surface area contributed by atoms with E-state index in [0.29, 0.717) is 10.7 Å². The number of hydrogen-bond acceptors (Lipinski definition) is 4. The Kier molecular flexibility index (Phi) is 5.61. The minimum absolute atomic E-state index is 0.326. The van der Waals surface area contributed by atoms with Gasteiger partial charge in [-0.25, -0.2) is 10.4 Å². The summed E-state index contributed by atoms with van der Waals surface area (Å²) < 4.78 is 5.27. The zero-order valence-corrected chi connectivity index (χ0v) is 15.2. The molecule has 1 N–H and O–H groups in total. The third-order valence-electron chi connectivity index (χ3n) is 3.91. The molecule has 6 heteroatoms. The van der Waals surface area contributed by atoms with Crippen LogP contribution in [0.4, 0.5) is 0 Å². The van der Waals surface area contributed by atoms with Crippen molar-refractivity contribution in [2.24, 2.45) is 5.10 Å². The number of amides is 1. The van der Waals surface area contributed by atoms with Crippen LogP contribution in [0, 0.1) is 6.92 Å². The van der Waals surface area contributed by atoms with Crippen LogP contribution in [-0.4, -0.2) is 24.2 Å². The van der Waals surface area contributed by atoms with Gasteiger partial charge in [0.1, 0.15) is 5.15 Å². The maximum absolute atomic E-state index is 12.3. The van der Waals surface area contributed by atoms with Gasteiger partial charge in [-0.2, -0.15) is 5.10 Å². The van der Waals surface area contributed by atoms with Gasteiger partial charge < -0.3 is 4.74 Å². The number of rotatable bonds is 5. The molecule has 5 nitrogen and oxygen atoms in total. The Morgan fingerprint density at radius 1 is 1.23 bits per heavy atom. The second-order valence-corrected chi connectivity index (χ2v) is 6.18. The average Bonchev–Trinajstić information content (AvgIpc) is 2.64. The highest BCUT2D eigenvalue weighted by molar-refractivity contribution is 6.32. The first kappa shape index (κ1) is 18.0. The van der Waals surface area contributed by atoms with Crippen molar-refractivity contribution in [1.82, 2.24) is 10.4 Å². The van der Waals surface area contributed by atoms with Crippen molar-refractivity contribution in [3.63, 3.8) is 0 Å². The number of fused-ring (bicyclic) bond motifs is 1. The Morgan fingerprint density at radius 3 is 2.73 bits per heavy atom. The molecule has 0 spiro atoms. The van der Waals surface area contributed by atoms with E-state index in [4.69, 9.17) is 16.3 Å². The molecular weight excluding hydrogens is 350 g/mol. The van der Waals surface area contributed by atoms with Crippen LogP contribution in [0.15, 0.2) is 59.7 Å². The van der Waals surface area contributed by atoms with Gasteiger partial charge in [0.15, 0.2) is 6.10 Å². The van der Waals surface area contributed by atoms with Crippen LogP contribution in [0.2, 0.25) is 5.15 Å². The number of aryl methyl sites for hydroxylation is 1. The first-order valence-corrected chi connectivity index (χ1v) is 8.44. The van der Waals surface area contributed by atoms with Gasteiger partial charge in [-0.3, -0.25) is 4.79 Å². The largest absolute Gasteiger partial charge is 0.367 e. The van der Waals surface area contributed by atoms with Crippen LogP contribution in [0.5, 0.6) is 0 Å². The second-order valence-electron chi connectivity index (χ2n) is 5.83. The maximum Gasteiger partial charge on any atom is 0.273 e. The molecule has 0 aliphatic rings. The number of carbonyl (C=O) groups is 1. The summed E-state index contributed by atoms with van der Waals surface area (Å²) in [7, 11) is 1.48. The van der Waals surface area contributed by atoms with E-state index < -0.39 is 6.10 Å². The van der Waals surface area contributed by atoms with Gasteiger partial charge in [0.05, 0.1) is 11.7 Å². The molecule has 0 fully saturated rings. The van der Waals surface area contributed by atoms with E-state index in [1.54, 1.807) is 0 Å². The van der Waals surface area contributed by atoms with E-state index in [-0.39, 0.29) is 5.91 Å².